The molecule has 0 atom stereocenters. The summed E-state index contributed by atoms with van der Waals surface area (Å²) in [6.45, 7) is 4.37. The molecule has 2 aliphatic rings. The molecule has 3 aromatic carbocycles. The zero-order chi connectivity index (χ0) is 20.8. The van der Waals surface area contributed by atoms with Crippen LogP contribution in [-0.2, 0) is 11.3 Å². The lowest BCUT2D eigenvalue weighted by atomic mass is 10.1. The largest absolute Gasteiger partial charge is 0.379 e. The Morgan fingerprint density at radius 3 is 2.71 bits per heavy atom. The van der Waals surface area contributed by atoms with Gasteiger partial charge in [0.15, 0.2) is 0 Å². The van der Waals surface area contributed by atoms with Gasteiger partial charge in [0.2, 0.25) is 0 Å². The van der Waals surface area contributed by atoms with Gasteiger partial charge in [-0.15, -0.1) is 0 Å². The van der Waals surface area contributed by atoms with Crippen molar-refractivity contribution in [1.82, 2.24) is 14.5 Å². The number of ether oxygens (including phenoxy) is 1. The van der Waals surface area contributed by atoms with Crippen LogP contribution in [0.1, 0.15) is 15.9 Å². The van der Waals surface area contributed by atoms with Gasteiger partial charge in [-0.05, 0) is 35.9 Å². The summed E-state index contributed by atoms with van der Waals surface area (Å²) in [5.41, 5.74) is 6.30. The number of nitrogens with one attached hydrogen (secondary N) is 1. The molecule has 1 fully saturated rings. The fourth-order valence-corrected chi connectivity index (χ4v) is 4.53. The molecule has 1 amide bonds. The highest BCUT2D eigenvalue weighted by molar-refractivity contribution is 6.14. The van der Waals surface area contributed by atoms with E-state index in [1.807, 2.05) is 42.5 Å². The van der Waals surface area contributed by atoms with Gasteiger partial charge >= 0.3 is 0 Å². The quantitative estimate of drug-likeness (QED) is 0.553. The molecule has 6 rings (SSSR count). The van der Waals surface area contributed by atoms with Crippen LogP contribution in [0, 0.1) is 0 Å². The molecule has 2 aliphatic heterocycles. The smallest absolute Gasteiger partial charge is 0.257 e. The van der Waals surface area contributed by atoms with E-state index in [4.69, 9.17) is 9.72 Å². The van der Waals surface area contributed by atoms with Crippen LogP contribution in [0.4, 0.5) is 5.69 Å². The van der Waals surface area contributed by atoms with E-state index in [2.05, 4.69) is 39.0 Å². The second-order valence-electron chi connectivity index (χ2n) is 8.00. The molecule has 6 nitrogen and oxygen atoms in total. The first-order chi connectivity index (χ1) is 15.3. The van der Waals surface area contributed by atoms with Crippen LogP contribution in [0.3, 0.4) is 0 Å². The number of aromatic nitrogens is 2. The van der Waals surface area contributed by atoms with Crippen molar-refractivity contribution in [2.75, 3.05) is 31.6 Å². The van der Waals surface area contributed by atoms with Crippen LogP contribution in [0.15, 0.2) is 66.7 Å². The van der Waals surface area contributed by atoms with Crippen LogP contribution in [-0.4, -0.2) is 46.7 Å². The standard InChI is InChI=1S/C25H22N4O2/c30-25-19-7-4-9-21-23(19)29(22-10-2-1-8-20(22)27-25)24(26-21)18-6-3-5-17(15-18)16-28-11-13-31-14-12-28/h1-10,15H,11-14,16H2,(H,27,30). The first kappa shape index (κ1) is 18.3. The lowest BCUT2D eigenvalue weighted by Gasteiger charge is -2.26. The Balaban J connectivity index is 1.53. The molecule has 1 N–H and O–H groups in total. The first-order valence-corrected chi connectivity index (χ1v) is 10.6. The van der Waals surface area contributed by atoms with Gasteiger partial charge in [0.05, 0.1) is 41.2 Å². The lowest BCUT2D eigenvalue weighted by molar-refractivity contribution is 0.0342. The number of anilines is 1. The third-order valence-electron chi connectivity index (χ3n) is 6.01. The predicted molar refractivity (Wildman–Crippen MR) is 121 cm³/mol. The average Bonchev–Trinajstić information content (AvgIpc) is 3.14. The predicted octanol–water partition coefficient (Wildman–Crippen LogP) is 4.09. The SMILES string of the molecule is O=C1Nc2ccccc2-n2c(-c3cccc(CN4CCOCC4)c3)nc3cccc1c32. The Hall–Kier alpha value is -3.48. The number of fused-ring (bicyclic) bond motifs is 2. The first-order valence-electron chi connectivity index (χ1n) is 10.6. The molecular weight excluding hydrogens is 388 g/mol. The van der Waals surface area contributed by atoms with E-state index in [0.717, 1.165) is 66.6 Å². The fraction of sp³-hybridized carbons (Fsp3) is 0.200. The number of nitrogens with zero attached hydrogens (tertiary/aromatic N) is 3. The number of hydrogen-bond donors (Lipinski definition) is 1. The number of carbonyl (C=O) groups is 1. The van der Waals surface area contributed by atoms with Crippen LogP contribution >= 0.6 is 0 Å². The number of imidazole rings is 1. The van der Waals surface area contributed by atoms with Crippen molar-refractivity contribution in [3.8, 4) is 17.1 Å². The molecule has 0 spiro atoms. The number of amides is 1. The van der Waals surface area contributed by atoms with Crippen molar-refractivity contribution in [3.63, 3.8) is 0 Å². The Morgan fingerprint density at radius 2 is 1.81 bits per heavy atom. The summed E-state index contributed by atoms with van der Waals surface area (Å²) in [6, 6.07) is 22.2. The van der Waals surface area contributed by atoms with Gasteiger partial charge in [0.25, 0.3) is 5.91 Å². The van der Waals surface area contributed by atoms with Crippen molar-refractivity contribution in [1.29, 1.82) is 0 Å². The molecule has 154 valence electrons. The lowest BCUT2D eigenvalue weighted by Crippen LogP contribution is -2.35. The molecule has 0 bridgehead atoms. The summed E-state index contributed by atoms with van der Waals surface area (Å²) in [5.74, 6) is 0.736. The highest BCUT2D eigenvalue weighted by atomic mass is 16.5. The summed E-state index contributed by atoms with van der Waals surface area (Å²) >= 11 is 0. The zero-order valence-corrected chi connectivity index (χ0v) is 17.0. The van der Waals surface area contributed by atoms with Gasteiger partial charge in [0.1, 0.15) is 5.82 Å². The Bertz CT molecular complexity index is 1300. The summed E-state index contributed by atoms with van der Waals surface area (Å²) < 4.78 is 7.59. The third-order valence-corrected chi connectivity index (χ3v) is 6.01. The molecule has 1 saturated heterocycles. The molecule has 3 heterocycles. The van der Waals surface area contributed by atoms with E-state index < -0.39 is 0 Å². The average molecular weight is 410 g/mol. The minimum absolute atomic E-state index is 0.107. The van der Waals surface area contributed by atoms with Crippen molar-refractivity contribution >= 4 is 22.6 Å². The number of benzene rings is 3. The van der Waals surface area contributed by atoms with E-state index >= 15 is 0 Å². The summed E-state index contributed by atoms with van der Waals surface area (Å²) in [4.78, 5) is 20.3. The second-order valence-corrected chi connectivity index (χ2v) is 8.00. The second kappa shape index (κ2) is 7.34. The molecule has 1 aromatic heterocycles. The van der Waals surface area contributed by atoms with E-state index in [1.165, 1.54) is 5.56 Å². The maximum atomic E-state index is 12.9. The Morgan fingerprint density at radius 1 is 0.968 bits per heavy atom. The van der Waals surface area contributed by atoms with Crippen molar-refractivity contribution in [2.24, 2.45) is 0 Å². The van der Waals surface area contributed by atoms with Crippen molar-refractivity contribution in [2.45, 2.75) is 6.54 Å². The normalized spacial score (nSPS) is 16.1. The summed E-state index contributed by atoms with van der Waals surface area (Å²) in [5, 5.41) is 3.05. The van der Waals surface area contributed by atoms with Crippen molar-refractivity contribution in [3.05, 3.63) is 77.9 Å². The van der Waals surface area contributed by atoms with Gasteiger partial charge in [-0.3, -0.25) is 14.3 Å². The Labute approximate surface area is 180 Å². The number of morpholine rings is 1. The van der Waals surface area contributed by atoms with Crippen LogP contribution in [0.5, 0.6) is 0 Å². The van der Waals surface area contributed by atoms with Crippen LogP contribution in [0.25, 0.3) is 28.1 Å². The van der Waals surface area contributed by atoms with Crippen molar-refractivity contribution < 1.29 is 9.53 Å². The minimum Gasteiger partial charge on any atom is -0.379 e. The molecule has 0 aliphatic carbocycles. The summed E-state index contributed by atoms with van der Waals surface area (Å²) in [6.07, 6.45) is 0. The highest BCUT2D eigenvalue weighted by Gasteiger charge is 2.25. The highest BCUT2D eigenvalue weighted by Crippen LogP contribution is 2.36. The molecule has 6 heteroatoms. The topological polar surface area (TPSA) is 59.4 Å². The monoisotopic (exact) mass is 410 g/mol. The molecule has 4 aromatic rings. The van der Waals surface area contributed by atoms with E-state index in [0.29, 0.717) is 5.56 Å². The molecular formula is C25H22N4O2. The molecule has 31 heavy (non-hydrogen) atoms. The van der Waals surface area contributed by atoms with Gasteiger partial charge in [0, 0.05) is 25.2 Å². The minimum atomic E-state index is -0.107. The van der Waals surface area contributed by atoms with Gasteiger partial charge in [-0.2, -0.15) is 0 Å². The molecule has 0 unspecified atom stereocenters. The van der Waals surface area contributed by atoms with Gasteiger partial charge < -0.3 is 10.1 Å². The van der Waals surface area contributed by atoms with Crippen LogP contribution < -0.4 is 5.32 Å². The van der Waals surface area contributed by atoms with Gasteiger partial charge in [-0.25, -0.2) is 4.98 Å². The Kier molecular flexibility index (Phi) is 4.33. The van der Waals surface area contributed by atoms with E-state index in [9.17, 15) is 4.79 Å². The van der Waals surface area contributed by atoms with Crippen LogP contribution in [0.2, 0.25) is 0 Å². The number of carbonyl (C=O) groups excluding carboxylic acids is 1. The number of rotatable bonds is 3. The maximum absolute atomic E-state index is 12.9. The molecule has 0 saturated carbocycles. The third kappa shape index (κ3) is 3.12. The maximum Gasteiger partial charge on any atom is 0.257 e. The zero-order valence-electron chi connectivity index (χ0n) is 17.0. The fourth-order valence-electron chi connectivity index (χ4n) is 4.53. The number of hydrogen-bond acceptors (Lipinski definition) is 4. The van der Waals surface area contributed by atoms with E-state index in [-0.39, 0.29) is 5.91 Å². The molecule has 0 radical (unpaired) electrons. The summed E-state index contributed by atoms with van der Waals surface area (Å²) in [7, 11) is 0. The van der Waals surface area contributed by atoms with Gasteiger partial charge in [-0.1, -0.05) is 36.4 Å². The van der Waals surface area contributed by atoms with E-state index in [1.54, 1.807) is 0 Å². The number of para-hydroxylation sites is 3.